The molecule has 0 bridgehead atoms. The molecule has 0 fully saturated rings. The summed E-state index contributed by atoms with van der Waals surface area (Å²) in [5.41, 5.74) is 1.06. The first-order chi connectivity index (χ1) is 10.5. The minimum Gasteiger partial charge on any atom is -0.372 e. The van der Waals surface area contributed by atoms with Crippen LogP contribution in [0, 0.1) is 0 Å². The van der Waals surface area contributed by atoms with Crippen molar-refractivity contribution in [2.24, 2.45) is 0 Å². The lowest BCUT2D eigenvalue weighted by atomic mass is 10.2. The fraction of sp³-hybridized carbons (Fsp3) is 0.400. The Kier molecular flexibility index (Phi) is 5.46. The molecule has 0 aliphatic carbocycles. The summed E-state index contributed by atoms with van der Waals surface area (Å²) in [5, 5.41) is 5.33. The van der Waals surface area contributed by atoms with Crippen LogP contribution in [0.3, 0.4) is 0 Å². The van der Waals surface area contributed by atoms with Crippen LogP contribution in [-0.2, 0) is 11.3 Å². The Morgan fingerprint density at radius 3 is 2.95 bits per heavy atom. The van der Waals surface area contributed by atoms with E-state index in [1.54, 1.807) is 13.2 Å². The van der Waals surface area contributed by atoms with Gasteiger partial charge >= 0.3 is 0 Å². The molecule has 0 saturated carbocycles. The molecular weight excluding hydrogens is 302 g/mol. The minimum absolute atomic E-state index is 0.0577. The van der Waals surface area contributed by atoms with Crippen LogP contribution in [0.15, 0.2) is 28.5 Å². The highest BCUT2D eigenvalue weighted by atomic mass is 32.1. The van der Waals surface area contributed by atoms with Gasteiger partial charge in [-0.2, -0.15) is 0 Å². The molecule has 0 saturated heterocycles. The lowest BCUT2D eigenvalue weighted by Gasteiger charge is -2.08. The highest BCUT2D eigenvalue weighted by molar-refractivity contribution is 7.09. The molecule has 22 heavy (non-hydrogen) atoms. The van der Waals surface area contributed by atoms with E-state index in [1.807, 2.05) is 19.2 Å². The van der Waals surface area contributed by atoms with Gasteiger partial charge in [0.25, 0.3) is 11.5 Å². The number of nitrogens with one attached hydrogen (secondary N) is 1. The van der Waals surface area contributed by atoms with Crippen LogP contribution in [0.2, 0.25) is 0 Å². The third-order valence-corrected chi connectivity index (χ3v) is 4.19. The molecule has 0 spiro atoms. The third-order valence-electron chi connectivity index (χ3n) is 3.14. The van der Waals surface area contributed by atoms with E-state index in [4.69, 9.17) is 4.74 Å². The molecule has 2 rings (SSSR count). The van der Waals surface area contributed by atoms with E-state index < -0.39 is 0 Å². The average molecular weight is 321 g/mol. The van der Waals surface area contributed by atoms with Crippen LogP contribution in [0.4, 0.5) is 0 Å². The zero-order valence-corrected chi connectivity index (χ0v) is 13.6. The molecule has 0 aliphatic heterocycles. The van der Waals surface area contributed by atoms with Crippen LogP contribution >= 0.6 is 11.3 Å². The van der Waals surface area contributed by atoms with Crippen LogP contribution in [-0.4, -0.2) is 29.1 Å². The maximum Gasteiger partial charge on any atom is 0.252 e. The number of thiazole rings is 1. The van der Waals surface area contributed by atoms with Crippen molar-refractivity contribution < 1.29 is 9.53 Å². The molecule has 118 valence electrons. The van der Waals surface area contributed by atoms with Crippen molar-refractivity contribution in [1.82, 2.24) is 14.9 Å². The quantitative estimate of drug-likeness (QED) is 0.880. The summed E-state index contributed by atoms with van der Waals surface area (Å²) in [6.45, 7) is 4.85. The Bertz CT molecular complexity index is 708. The highest BCUT2D eigenvalue weighted by Crippen LogP contribution is 2.21. The fourth-order valence-corrected chi connectivity index (χ4v) is 2.83. The van der Waals surface area contributed by atoms with Gasteiger partial charge in [0, 0.05) is 31.3 Å². The topological polar surface area (TPSA) is 73.2 Å². The van der Waals surface area contributed by atoms with E-state index in [-0.39, 0.29) is 17.6 Å². The summed E-state index contributed by atoms with van der Waals surface area (Å²) in [6, 6.07) is 2.90. The summed E-state index contributed by atoms with van der Waals surface area (Å²) in [5.74, 6) is -0.224. The Labute approximate surface area is 132 Å². The maximum absolute atomic E-state index is 11.9. The van der Waals surface area contributed by atoms with Crippen molar-refractivity contribution in [3.8, 4) is 0 Å². The first-order valence-electron chi connectivity index (χ1n) is 7.03. The predicted octanol–water partition coefficient (Wildman–Crippen LogP) is 1.81. The molecular formula is C15H19N3O3S. The van der Waals surface area contributed by atoms with Gasteiger partial charge in [0.05, 0.1) is 17.8 Å². The first kappa shape index (κ1) is 16.4. The maximum atomic E-state index is 11.9. The van der Waals surface area contributed by atoms with Gasteiger partial charge in [-0.25, -0.2) is 4.98 Å². The SMILES string of the molecule is CCO[C@@H](C)c1nc(Cn2cc(C(=O)NC)ccc2=O)cs1. The summed E-state index contributed by atoms with van der Waals surface area (Å²) in [6.07, 6.45) is 1.49. The normalized spacial score (nSPS) is 12.1. The monoisotopic (exact) mass is 321 g/mol. The number of amides is 1. The molecule has 1 amide bonds. The van der Waals surface area contributed by atoms with Gasteiger partial charge in [0.2, 0.25) is 0 Å². The van der Waals surface area contributed by atoms with E-state index in [9.17, 15) is 9.59 Å². The smallest absolute Gasteiger partial charge is 0.252 e. The molecule has 6 nitrogen and oxygen atoms in total. The summed E-state index contributed by atoms with van der Waals surface area (Å²) >= 11 is 1.51. The molecule has 2 heterocycles. The number of nitrogens with zero attached hydrogens (tertiary/aromatic N) is 2. The Hall–Kier alpha value is -1.99. The van der Waals surface area contributed by atoms with Gasteiger partial charge in [-0.3, -0.25) is 9.59 Å². The summed E-state index contributed by atoms with van der Waals surface area (Å²) < 4.78 is 6.99. The largest absolute Gasteiger partial charge is 0.372 e. The molecule has 2 aromatic heterocycles. The second-order valence-corrected chi connectivity index (χ2v) is 5.63. The van der Waals surface area contributed by atoms with E-state index >= 15 is 0 Å². The van der Waals surface area contributed by atoms with Gasteiger partial charge in [-0.1, -0.05) is 0 Å². The number of rotatable bonds is 6. The van der Waals surface area contributed by atoms with Gasteiger partial charge < -0.3 is 14.6 Å². The number of ether oxygens (including phenoxy) is 1. The molecule has 7 heteroatoms. The van der Waals surface area contributed by atoms with E-state index in [1.165, 1.54) is 28.0 Å². The minimum atomic E-state index is -0.224. The van der Waals surface area contributed by atoms with E-state index in [0.717, 1.165) is 10.7 Å². The van der Waals surface area contributed by atoms with E-state index in [2.05, 4.69) is 10.3 Å². The van der Waals surface area contributed by atoms with Gasteiger partial charge in [-0.15, -0.1) is 11.3 Å². The second-order valence-electron chi connectivity index (χ2n) is 4.74. The van der Waals surface area contributed by atoms with Crippen LogP contribution in [0.25, 0.3) is 0 Å². The van der Waals surface area contributed by atoms with Crippen molar-refractivity contribution >= 4 is 17.2 Å². The van der Waals surface area contributed by atoms with Crippen molar-refractivity contribution in [2.75, 3.05) is 13.7 Å². The highest BCUT2D eigenvalue weighted by Gasteiger charge is 2.12. The van der Waals surface area contributed by atoms with Gasteiger partial charge in [-0.05, 0) is 19.9 Å². The van der Waals surface area contributed by atoms with Crippen LogP contribution < -0.4 is 10.9 Å². The molecule has 1 N–H and O–H groups in total. The number of aromatic nitrogens is 2. The molecule has 2 aromatic rings. The zero-order chi connectivity index (χ0) is 16.1. The van der Waals surface area contributed by atoms with Crippen molar-refractivity contribution in [1.29, 1.82) is 0 Å². The molecule has 0 unspecified atom stereocenters. The average Bonchev–Trinajstić information content (AvgIpc) is 2.97. The van der Waals surface area contributed by atoms with Crippen molar-refractivity contribution in [3.05, 3.63) is 50.3 Å². The van der Waals surface area contributed by atoms with Crippen LogP contribution in [0.1, 0.15) is 41.0 Å². The summed E-state index contributed by atoms with van der Waals surface area (Å²) in [4.78, 5) is 28.0. The van der Waals surface area contributed by atoms with Crippen molar-refractivity contribution in [2.45, 2.75) is 26.5 Å². The number of carbonyl (C=O) groups is 1. The molecule has 1 atom stereocenters. The molecule has 0 radical (unpaired) electrons. The predicted molar refractivity (Wildman–Crippen MR) is 85.3 cm³/mol. The third kappa shape index (κ3) is 3.80. The summed E-state index contributed by atoms with van der Waals surface area (Å²) in [7, 11) is 1.56. The number of carbonyl (C=O) groups excluding carboxylic acids is 1. The first-order valence-corrected chi connectivity index (χ1v) is 7.91. The van der Waals surface area contributed by atoms with Gasteiger partial charge in [0.15, 0.2) is 0 Å². The second kappa shape index (κ2) is 7.33. The fourth-order valence-electron chi connectivity index (χ4n) is 2.01. The lowest BCUT2D eigenvalue weighted by Crippen LogP contribution is -2.24. The van der Waals surface area contributed by atoms with Crippen LogP contribution in [0.5, 0.6) is 0 Å². The Balaban J connectivity index is 2.20. The van der Waals surface area contributed by atoms with E-state index in [0.29, 0.717) is 18.7 Å². The number of pyridine rings is 1. The number of hydrogen-bond acceptors (Lipinski definition) is 5. The number of hydrogen-bond donors (Lipinski definition) is 1. The Morgan fingerprint density at radius 2 is 2.27 bits per heavy atom. The standard InChI is InChI=1S/C15H19N3O3S/c1-4-21-10(2)15-17-12(9-22-15)8-18-7-11(14(20)16-3)5-6-13(18)19/h5-7,9-10H,4,8H2,1-3H3,(H,16,20)/t10-/m0/s1. The zero-order valence-electron chi connectivity index (χ0n) is 12.8. The van der Waals surface area contributed by atoms with Crippen molar-refractivity contribution in [3.63, 3.8) is 0 Å². The molecule has 0 aromatic carbocycles. The molecule has 0 aliphatic rings. The van der Waals surface area contributed by atoms with Gasteiger partial charge in [0.1, 0.15) is 11.1 Å². The Morgan fingerprint density at radius 1 is 1.50 bits per heavy atom. The lowest BCUT2D eigenvalue weighted by molar-refractivity contribution is 0.0761.